The number of amides is 1. The van der Waals surface area contributed by atoms with Crippen LogP contribution in [0.3, 0.4) is 0 Å². The Hall–Kier alpha value is -1.63. The van der Waals surface area contributed by atoms with Crippen molar-refractivity contribution in [2.75, 3.05) is 27.2 Å². The summed E-state index contributed by atoms with van der Waals surface area (Å²) in [5, 5.41) is 7.79. The highest BCUT2D eigenvalue weighted by molar-refractivity contribution is 7.11. The number of hydrogen-bond acceptors (Lipinski definition) is 4. The van der Waals surface area contributed by atoms with Crippen molar-refractivity contribution in [1.29, 1.82) is 0 Å². The highest BCUT2D eigenvalue weighted by Gasteiger charge is 2.14. The molecule has 1 aliphatic rings. The van der Waals surface area contributed by atoms with E-state index < -0.39 is 0 Å². The van der Waals surface area contributed by atoms with Gasteiger partial charge in [-0.05, 0) is 25.2 Å². The molecule has 1 aromatic heterocycles. The predicted octanol–water partition coefficient (Wildman–Crippen LogP) is 2.41. The first-order valence-corrected chi connectivity index (χ1v) is 10.1. The highest BCUT2D eigenvalue weighted by Crippen LogP contribution is 2.22. The van der Waals surface area contributed by atoms with Crippen LogP contribution in [-0.4, -0.2) is 48.9 Å². The summed E-state index contributed by atoms with van der Waals surface area (Å²) in [5.74, 6) is 1.41. The van der Waals surface area contributed by atoms with Gasteiger partial charge in [0.2, 0.25) is 5.91 Å². The van der Waals surface area contributed by atoms with E-state index in [1.807, 2.05) is 6.20 Å². The zero-order valence-corrected chi connectivity index (χ0v) is 16.5. The van der Waals surface area contributed by atoms with Crippen LogP contribution in [0.4, 0.5) is 0 Å². The molecular formula is C18H31N5OS. The fraction of sp³-hybridized carbons (Fsp3) is 0.722. The molecule has 2 rings (SSSR count). The summed E-state index contributed by atoms with van der Waals surface area (Å²) in [5.41, 5.74) is 0. The van der Waals surface area contributed by atoms with Crippen molar-refractivity contribution in [3.63, 3.8) is 0 Å². The van der Waals surface area contributed by atoms with Crippen molar-refractivity contribution < 1.29 is 4.79 Å². The number of rotatable bonds is 7. The van der Waals surface area contributed by atoms with E-state index in [1.54, 1.807) is 30.3 Å². The van der Waals surface area contributed by atoms with Gasteiger partial charge in [0.05, 0.1) is 6.54 Å². The molecule has 1 aromatic rings. The molecule has 0 aliphatic heterocycles. The van der Waals surface area contributed by atoms with Crippen molar-refractivity contribution in [2.45, 2.75) is 52.0 Å². The Balaban J connectivity index is 1.89. The lowest BCUT2D eigenvalue weighted by Gasteiger charge is -2.23. The van der Waals surface area contributed by atoms with Gasteiger partial charge in [0, 0.05) is 31.7 Å². The van der Waals surface area contributed by atoms with Crippen LogP contribution in [0, 0.1) is 5.92 Å². The number of nitrogens with zero attached hydrogens (tertiary/aromatic N) is 3. The fourth-order valence-corrected chi connectivity index (χ4v) is 3.65. The van der Waals surface area contributed by atoms with Crippen molar-refractivity contribution in [2.24, 2.45) is 10.9 Å². The number of hydrogen-bond donors (Lipinski definition) is 2. The second-order valence-electron chi connectivity index (χ2n) is 6.77. The molecule has 140 valence electrons. The second-order valence-corrected chi connectivity index (χ2v) is 7.97. The van der Waals surface area contributed by atoms with Gasteiger partial charge in [-0.1, -0.05) is 26.2 Å². The number of aliphatic imine (C=N–C) groups is 1. The van der Waals surface area contributed by atoms with Gasteiger partial charge in [0.15, 0.2) is 5.96 Å². The molecule has 25 heavy (non-hydrogen) atoms. The van der Waals surface area contributed by atoms with E-state index in [1.165, 1.54) is 37.0 Å². The molecule has 1 saturated carbocycles. The minimum absolute atomic E-state index is 0.00119. The molecule has 1 amide bonds. The summed E-state index contributed by atoms with van der Waals surface area (Å²) < 4.78 is 0. The molecule has 1 fully saturated rings. The summed E-state index contributed by atoms with van der Waals surface area (Å²) in [7, 11) is 3.50. The van der Waals surface area contributed by atoms with Crippen LogP contribution in [0.1, 0.15) is 48.9 Å². The van der Waals surface area contributed by atoms with Gasteiger partial charge < -0.3 is 15.5 Å². The third-order valence-electron chi connectivity index (χ3n) is 4.51. The minimum Gasteiger partial charge on any atom is -0.356 e. The summed E-state index contributed by atoms with van der Waals surface area (Å²) in [6.45, 7) is 3.85. The molecule has 1 aliphatic carbocycles. The molecule has 0 unspecified atom stereocenters. The van der Waals surface area contributed by atoms with E-state index in [-0.39, 0.29) is 12.5 Å². The number of thiazole rings is 1. The van der Waals surface area contributed by atoms with E-state index in [2.05, 4.69) is 27.5 Å². The van der Waals surface area contributed by atoms with Crippen molar-refractivity contribution >= 4 is 23.2 Å². The maximum atomic E-state index is 11.8. The largest absolute Gasteiger partial charge is 0.356 e. The average molecular weight is 366 g/mol. The van der Waals surface area contributed by atoms with E-state index >= 15 is 0 Å². The Morgan fingerprint density at radius 3 is 2.72 bits per heavy atom. The standard InChI is InChI=1S/C18H31N5OS/c1-4-15-11-19-16(25-15)12-21-18(22-13-17(24)23(2)3)20-10-14-8-6-5-7-9-14/h11,14H,4-10,12-13H2,1-3H3,(H2,20,21,22). The zero-order valence-electron chi connectivity index (χ0n) is 15.7. The third-order valence-corrected chi connectivity index (χ3v) is 5.65. The molecule has 7 heteroatoms. The van der Waals surface area contributed by atoms with E-state index in [0.29, 0.717) is 18.4 Å². The first kappa shape index (κ1) is 19.7. The maximum absolute atomic E-state index is 11.8. The average Bonchev–Trinajstić information content (AvgIpc) is 3.09. The van der Waals surface area contributed by atoms with E-state index in [4.69, 9.17) is 0 Å². The van der Waals surface area contributed by atoms with Gasteiger partial charge >= 0.3 is 0 Å². The molecule has 2 N–H and O–H groups in total. The fourth-order valence-electron chi connectivity index (χ4n) is 2.85. The molecule has 0 atom stereocenters. The smallest absolute Gasteiger partial charge is 0.243 e. The number of carbonyl (C=O) groups excluding carboxylic acids is 1. The number of nitrogens with one attached hydrogen (secondary N) is 2. The normalized spacial score (nSPS) is 15.9. The van der Waals surface area contributed by atoms with Crippen molar-refractivity contribution in [3.8, 4) is 0 Å². The predicted molar refractivity (Wildman–Crippen MR) is 104 cm³/mol. The molecular weight excluding hydrogens is 334 g/mol. The quantitative estimate of drug-likeness (QED) is 0.575. The lowest BCUT2D eigenvalue weighted by Crippen LogP contribution is -2.40. The molecule has 6 nitrogen and oxygen atoms in total. The van der Waals surface area contributed by atoms with Crippen LogP contribution in [0.15, 0.2) is 11.2 Å². The number of carbonyl (C=O) groups is 1. The Morgan fingerprint density at radius 1 is 1.32 bits per heavy atom. The summed E-state index contributed by atoms with van der Waals surface area (Å²) in [6, 6.07) is 0. The molecule has 0 saturated heterocycles. The molecule has 0 bridgehead atoms. The minimum atomic E-state index is 0.00119. The molecule has 0 aromatic carbocycles. The number of guanidine groups is 1. The van der Waals surface area contributed by atoms with Crippen LogP contribution in [0.2, 0.25) is 0 Å². The van der Waals surface area contributed by atoms with E-state index in [9.17, 15) is 4.79 Å². The summed E-state index contributed by atoms with van der Waals surface area (Å²) in [6.07, 6.45) is 9.51. The Kier molecular flexibility index (Phi) is 8.18. The van der Waals surface area contributed by atoms with Crippen LogP contribution >= 0.6 is 11.3 Å². The number of aromatic nitrogens is 1. The van der Waals surface area contributed by atoms with Crippen LogP contribution in [0.5, 0.6) is 0 Å². The van der Waals surface area contributed by atoms with Crippen LogP contribution in [-0.2, 0) is 17.8 Å². The Bertz CT molecular complexity index is 564. The highest BCUT2D eigenvalue weighted by atomic mass is 32.1. The zero-order chi connectivity index (χ0) is 18.1. The van der Waals surface area contributed by atoms with Gasteiger partial charge in [0.1, 0.15) is 11.6 Å². The first-order chi connectivity index (χ1) is 12.1. The van der Waals surface area contributed by atoms with Gasteiger partial charge in [-0.15, -0.1) is 11.3 Å². The monoisotopic (exact) mass is 365 g/mol. The lowest BCUT2D eigenvalue weighted by atomic mass is 9.89. The van der Waals surface area contributed by atoms with Crippen LogP contribution < -0.4 is 10.6 Å². The molecule has 0 radical (unpaired) electrons. The van der Waals surface area contributed by atoms with Crippen molar-refractivity contribution in [1.82, 2.24) is 20.5 Å². The van der Waals surface area contributed by atoms with Crippen LogP contribution in [0.25, 0.3) is 0 Å². The number of aryl methyl sites for hydroxylation is 1. The Morgan fingerprint density at radius 2 is 2.08 bits per heavy atom. The lowest BCUT2D eigenvalue weighted by molar-refractivity contribution is -0.127. The molecule has 1 heterocycles. The SMILES string of the molecule is CCc1cnc(CNC(=NCC(=O)N(C)C)NCC2CCCCC2)s1. The van der Waals surface area contributed by atoms with Gasteiger partial charge in [-0.25, -0.2) is 9.98 Å². The first-order valence-electron chi connectivity index (χ1n) is 9.24. The number of likely N-dealkylation sites (N-methyl/N-ethyl adjacent to an activating group) is 1. The van der Waals surface area contributed by atoms with Gasteiger partial charge in [-0.2, -0.15) is 0 Å². The second kappa shape index (κ2) is 10.4. The van der Waals surface area contributed by atoms with Crippen molar-refractivity contribution in [3.05, 3.63) is 16.1 Å². The third kappa shape index (κ3) is 7.02. The maximum Gasteiger partial charge on any atom is 0.243 e. The van der Waals surface area contributed by atoms with Gasteiger partial charge in [0.25, 0.3) is 0 Å². The topological polar surface area (TPSA) is 69.6 Å². The summed E-state index contributed by atoms with van der Waals surface area (Å²) >= 11 is 1.72. The summed E-state index contributed by atoms with van der Waals surface area (Å²) in [4.78, 5) is 23.6. The molecule has 0 spiro atoms. The van der Waals surface area contributed by atoms with E-state index in [0.717, 1.165) is 18.0 Å². The Labute approximate surface area is 155 Å². The van der Waals surface area contributed by atoms with Gasteiger partial charge in [-0.3, -0.25) is 4.79 Å².